The van der Waals surface area contributed by atoms with Gasteiger partial charge in [0.2, 0.25) is 0 Å². The minimum absolute atomic E-state index is 0.0256. The monoisotopic (exact) mass is 586 g/mol. The average Bonchev–Trinajstić information content (AvgIpc) is 2.79. The summed E-state index contributed by atoms with van der Waals surface area (Å²) in [6.07, 6.45) is 0. The molecule has 0 unspecified atom stereocenters. The molecule has 0 spiro atoms. The topological polar surface area (TPSA) is 117 Å². The second-order valence-corrected chi connectivity index (χ2v) is 8.80. The van der Waals surface area contributed by atoms with E-state index in [9.17, 15) is 4.79 Å². The van der Waals surface area contributed by atoms with E-state index in [1.165, 1.54) is 0 Å². The fourth-order valence-electron chi connectivity index (χ4n) is 3.03. The van der Waals surface area contributed by atoms with Crippen molar-refractivity contribution in [1.82, 2.24) is 9.80 Å². The zero-order valence-corrected chi connectivity index (χ0v) is 21.0. The highest BCUT2D eigenvalue weighted by Crippen LogP contribution is 2.24. The number of ether oxygens (including phenoxy) is 2. The number of piperazine rings is 1. The van der Waals surface area contributed by atoms with E-state index in [1.807, 2.05) is 41.3 Å². The molecule has 0 atom stereocenters. The Morgan fingerprint density at radius 2 is 1.48 bits per heavy atom. The molecule has 11 heteroatoms. The van der Waals surface area contributed by atoms with Crippen LogP contribution in [0.25, 0.3) is 0 Å². The molecule has 33 heavy (non-hydrogen) atoms. The molecule has 2 N–H and O–H groups in total. The van der Waals surface area contributed by atoms with Gasteiger partial charge in [0.15, 0.2) is 6.61 Å². The maximum absolute atomic E-state index is 12.4. The second kappa shape index (κ2) is 13.2. The third kappa shape index (κ3) is 9.03. The molecule has 178 valence electrons. The summed E-state index contributed by atoms with van der Waals surface area (Å²) in [7, 11) is 1.69. The molecule has 0 radical (unpaired) electrons. The molecule has 9 nitrogen and oxygen atoms in total. The van der Waals surface area contributed by atoms with E-state index in [2.05, 4.69) is 42.8 Å². The summed E-state index contributed by atoms with van der Waals surface area (Å²) >= 11 is 6.90. The van der Waals surface area contributed by atoms with Gasteiger partial charge in [0, 0.05) is 47.2 Å². The Bertz CT molecular complexity index is 950. The molecule has 0 saturated carbocycles. The number of carbonyl (C=O) groups is 3. The third-order valence-electron chi connectivity index (χ3n) is 4.72. The van der Waals surface area contributed by atoms with Gasteiger partial charge in [0.25, 0.3) is 5.91 Å². The largest absolute Gasteiger partial charge is 0.496 e. The minimum atomic E-state index is -1.82. The molecule has 1 heterocycles. The van der Waals surface area contributed by atoms with Gasteiger partial charge in [-0.15, -0.1) is 0 Å². The standard InChI is InChI=1S/C20H22Br2N2O3.C2H2O4/c1-26-19-7-4-17(22)12-15(19)13-23-8-10-24(11-9-23)20(25)14-27-18-5-2-16(21)3-6-18;3-1(4)2(5)6/h2-7,12H,8-11,13-14H2,1H3;(H,3,4)(H,5,6). The van der Waals surface area contributed by atoms with Crippen LogP contribution >= 0.6 is 31.9 Å². The molecule has 1 fully saturated rings. The van der Waals surface area contributed by atoms with Crippen molar-refractivity contribution in [1.29, 1.82) is 0 Å². The summed E-state index contributed by atoms with van der Waals surface area (Å²) in [5.74, 6) is -2.03. The smallest absolute Gasteiger partial charge is 0.414 e. The van der Waals surface area contributed by atoms with Crippen LogP contribution in [0.15, 0.2) is 51.4 Å². The van der Waals surface area contributed by atoms with E-state index >= 15 is 0 Å². The van der Waals surface area contributed by atoms with Gasteiger partial charge in [-0.3, -0.25) is 9.69 Å². The highest BCUT2D eigenvalue weighted by atomic mass is 79.9. The SMILES string of the molecule is COc1ccc(Br)cc1CN1CCN(C(=O)COc2ccc(Br)cc2)CC1.O=C(O)C(=O)O. The van der Waals surface area contributed by atoms with Crippen LogP contribution in [0.5, 0.6) is 11.5 Å². The lowest BCUT2D eigenvalue weighted by molar-refractivity contribution is -0.159. The van der Waals surface area contributed by atoms with Crippen molar-refractivity contribution >= 4 is 49.7 Å². The van der Waals surface area contributed by atoms with Crippen LogP contribution in [-0.2, 0) is 20.9 Å². The molecule has 0 aromatic heterocycles. The molecule has 3 rings (SSSR count). The molecule has 1 aliphatic rings. The van der Waals surface area contributed by atoms with Gasteiger partial charge in [0.05, 0.1) is 7.11 Å². The first-order valence-electron chi connectivity index (χ1n) is 9.86. The van der Waals surface area contributed by atoms with Crippen LogP contribution in [0.2, 0.25) is 0 Å². The average molecular weight is 588 g/mol. The first-order chi connectivity index (χ1) is 15.7. The predicted molar refractivity (Wildman–Crippen MR) is 127 cm³/mol. The molecule has 2 aromatic carbocycles. The number of carboxylic acid groups (broad SMARTS) is 2. The maximum atomic E-state index is 12.4. The van der Waals surface area contributed by atoms with E-state index in [0.29, 0.717) is 18.8 Å². The molecule has 0 bridgehead atoms. The predicted octanol–water partition coefficient (Wildman–Crippen LogP) is 3.10. The van der Waals surface area contributed by atoms with Gasteiger partial charge in [-0.2, -0.15) is 0 Å². The normalized spacial score (nSPS) is 13.5. The molecular weight excluding hydrogens is 564 g/mol. The zero-order valence-electron chi connectivity index (χ0n) is 17.9. The van der Waals surface area contributed by atoms with Crippen LogP contribution < -0.4 is 9.47 Å². The van der Waals surface area contributed by atoms with Gasteiger partial charge in [-0.05, 0) is 42.5 Å². The summed E-state index contributed by atoms with van der Waals surface area (Å²) in [6.45, 7) is 3.96. The first kappa shape index (κ1) is 26.6. The Hall–Kier alpha value is -2.63. The zero-order chi connectivity index (χ0) is 24.4. The van der Waals surface area contributed by atoms with Crippen molar-refractivity contribution in [3.8, 4) is 11.5 Å². The molecule has 1 saturated heterocycles. The summed E-state index contributed by atoms with van der Waals surface area (Å²) in [5, 5.41) is 14.8. The van der Waals surface area contributed by atoms with Crippen molar-refractivity contribution < 1.29 is 34.1 Å². The number of carboxylic acids is 2. The van der Waals surface area contributed by atoms with Crippen LogP contribution in [0.4, 0.5) is 0 Å². The second-order valence-electron chi connectivity index (χ2n) is 6.97. The van der Waals surface area contributed by atoms with Crippen LogP contribution in [0, 0.1) is 0 Å². The van der Waals surface area contributed by atoms with Gasteiger partial charge < -0.3 is 24.6 Å². The molecule has 0 aliphatic carbocycles. The Morgan fingerprint density at radius 3 is 2.03 bits per heavy atom. The lowest BCUT2D eigenvalue weighted by Crippen LogP contribution is -2.49. The summed E-state index contributed by atoms with van der Waals surface area (Å²) in [5.41, 5.74) is 1.14. The van der Waals surface area contributed by atoms with Gasteiger partial charge in [-0.25, -0.2) is 9.59 Å². The van der Waals surface area contributed by atoms with Gasteiger partial charge in [-0.1, -0.05) is 31.9 Å². The fourth-order valence-corrected chi connectivity index (χ4v) is 3.71. The summed E-state index contributed by atoms with van der Waals surface area (Å²) < 4.78 is 13.1. The number of halogens is 2. The number of aliphatic carboxylic acids is 2. The number of hydrogen-bond donors (Lipinski definition) is 2. The Kier molecular flexibility index (Phi) is 10.6. The Morgan fingerprint density at radius 1 is 0.909 bits per heavy atom. The number of benzene rings is 2. The molecular formula is C22H24Br2N2O7. The van der Waals surface area contributed by atoms with E-state index in [1.54, 1.807) is 7.11 Å². The first-order valence-corrected chi connectivity index (χ1v) is 11.4. The number of hydrogen-bond acceptors (Lipinski definition) is 6. The Balaban J connectivity index is 0.000000569. The molecule has 1 amide bonds. The highest BCUT2D eigenvalue weighted by molar-refractivity contribution is 9.10. The number of methoxy groups -OCH3 is 1. The number of amides is 1. The maximum Gasteiger partial charge on any atom is 0.414 e. The third-order valence-corrected chi connectivity index (χ3v) is 5.74. The number of carbonyl (C=O) groups excluding carboxylic acids is 1. The van der Waals surface area contributed by atoms with Crippen LogP contribution in [0.1, 0.15) is 5.56 Å². The Labute approximate surface area is 208 Å². The van der Waals surface area contributed by atoms with Gasteiger partial charge >= 0.3 is 11.9 Å². The molecule has 2 aromatic rings. The lowest BCUT2D eigenvalue weighted by atomic mass is 10.1. The fraction of sp³-hybridized carbons (Fsp3) is 0.318. The number of nitrogens with zero attached hydrogens (tertiary/aromatic N) is 2. The van der Waals surface area contributed by atoms with Gasteiger partial charge in [0.1, 0.15) is 11.5 Å². The van der Waals surface area contributed by atoms with E-state index in [0.717, 1.165) is 39.9 Å². The lowest BCUT2D eigenvalue weighted by Gasteiger charge is -2.35. The molecule has 1 aliphatic heterocycles. The van der Waals surface area contributed by atoms with Crippen molar-refractivity contribution in [2.45, 2.75) is 6.54 Å². The van der Waals surface area contributed by atoms with Crippen molar-refractivity contribution in [3.05, 3.63) is 57.0 Å². The van der Waals surface area contributed by atoms with Crippen LogP contribution in [0.3, 0.4) is 0 Å². The van der Waals surface area contributed by atoms with E-state index in [4.69, 9.17) is 29.3 Å². The minimum Gasteiger partial charge on any atom is -0.496 e. The van der Waals surface area contributed by atoms with E-state index in [-0.39, 0.29) is 12.5 Å². The summed E-state index contributed by atoms with van der Waals surface area (Å²) in [4.78, 5) is 34.8. The van der Waals surface area contributed by atoms with E-state index < -0.39 is 11.9 Å². The van der Waals surface area contributed by atoms with Crippen molar-refractivity contribution in [2.75, 3.05) is 39.9 Å². The highest BCUT2D eigenvalue weighted by Gasteiger charge is 2.22. The number of rotatable bonds is 6. The van der Waals surface area contributed by atoms with Crippen LogP contribution in [-0.4, -0.2) is 77.8 Å². The van der Waals surface area contributed by atoms with Crippen molar-refractivity contribution in [3.63, 3.8) is 0 Å². The van der Waals surface area contributed by atoms with Crippen molar-refractivity contribution in [2.24, 2.45) is 0 Å². The summed E-state index contributed by atoms with van der Waals surface area (Å²) in [6, 6.07) is 13.5. The quantitative estimate of drug-likeness (QED) is 0.495.